The maximum atomic E-state index is 14.2. The summed E-state index contributed by atoms with van der Waals surface area (Å²) in [6, 6.07) is 5.71. The normalized spacial score (nSPS) is 26.1. The van der Waals surface area contributed by atoms with Gasteiger partial charge in [0, 0.05) is 49.3 Å². The van der Waals surface area contributed by atoms with Crippen LogP contribution in [0.2, 0.25) is 0 Å². The molecule has 8 nitrogen and oxygen atoms in total. The number of rotatable bonds is 8. The Balaban J connectivity index is 1.32. The molecule has 44 heavy (non-hydrogen) atoms. The number of carboxylic acid groups (broad SMARTS) is 1. The minimum absolute atomic E-state index is 0.0234. The molecule has 3 aliphatic rings. The molecule has 5 rings (SSSR count). The topological polar surface area (TPSA) is 103 Å². The monoisotopic (exact) mass is 621 g/mol. The SMILES string of the molecule is CC1CCC(C(=O)N(c2cc(C#CC(C)(C)C)sc2C(=O)O)[C@H]2CC[C@H](Oc3cc(CN4CCC(O)C4)ccn3)CC2)CC1. The van der Waals surface area contributed by atoms with Gasteiger partial charge in [-0.05, 0) is 102 Å². The highest BCUT2D eigenvalue weighted by molar-refractivity contribution is 7.15. The number of nitrogens with zero attached hydrogens (tertiary/aromatic N) is 3. The largest absolute Gasteiger partial charge is 0.477 e. The summed E-state index contributed by atoms with van der Waals surface area (Å²) >= 11 is 1.16. The highest BCUT2D eigenvalue weighted by Gasteiger charge is 2.38. The van der Waals surface area contributed by atoms with Crippen LogP contribution < -0.4 is 9.64 Å². The van der Waals surface area contributed by atoms with E-state index in [1.54, 1.807) is 6.20 Å². The molecule has 1 aliphatic heterocycles. The second-order valence-corrected chi connectivity index (χ2v) is 15.1. The fourth-order valence-corrected chi connectivity index (χ4v) is 7.48. The number of aromatic nitrogens is 1. The summed E-state index contributed by atoms with van der Waals surface area (Å²) in [5, 5.41) is 20.1. The summed E-state index contributed by atoms with van der Waals surface area (Å²) in [7, 11) is 0. The molecule has 2 aromatic rings. The minimum atomic E-state index is -1.02. The van der Waals surface area contributed by atoms with E-state index in [4.69, 9.17) is 4.74 Å². The number of aliphatic hydroxyl groups is 1. The van der Waals surface area contributed by atoms with Crippen LogP contribution in [-0.4, -0.2) is 63.3 Å². The van der Waals surface area contributed by atoms with Crippen LogP contribution in [-0.2, 0) is 11.3 Å². The van der Waals surface area contributed by atoms with E-state index in [1.165, 1.54) is 0 Å². The van der Waals surface area contributed by atoms with E-state index in [2.05, 4.69) is 28.6 Å². The summed E-state index contributed by atoms with van der Waals surface area (Å²) < 4.78 is 6.34. The molecule has 2 aromatic heterocycles. The Kier molecular flexibility index (Phi) is 10.3. The van der Waals surface area contributed by atoms with E-state index in [-0.39, 0.29) is 40.4 Å². The third-order valence-corrected chi connectivity index (χ3v) is 10.1. The van der Waals surface area contributed by atoms with Gasteiger partial charge in [0.2, 0.25) is 11.8 Å². The number of amides is 1. The van der Waals surface area contributed by atoms with Gasteiger partial charge in [0.15, 0.2) is 0 Å². The second kappa shape index (κ2) is 14.0. The van der Waals surface area contributed by atoms with Crippen LogP contribution in [0.5, 0.6) is 5.88 Å². The number of aromatic carboxylic acids is 1. The van der Waals surface area contributed by atoms with Gasteiger partial charge in [0.1, 0.15) is 11.0 Å². The third kappa shape index (κ3) is 8.41. The lowest BCUT2D eigenvalue weighted by molar-refractivity contribution is -0.124. The molecule has 0 aromatic carbocycles. The fourth-order valence-electron chi connectivity index (χ4n) is 6.64. The van der Waals surface area contributed by atoms with Gasteiger partial charge in [0.05, 0.1) is 16.7 Å². The van der Waals surface area contributed by atoms with Crippen molar-refractivity contribution in [1.82, 2.24) is 9.88 Å². The highest BCUT2D eigenvalue weighted by Crippen LogP contribution is 2.39. The molecule has 0 bridgehead atoms. The summed E-state index contributed by atoms with van der Waals surface area (Å²) in [6.45, 7) is 10.6. The van der Waals surface area contributed by atoms with Crippen molar-refractivity contribution in [2.24, 2.45) is 17.3 Å². The van der Waals surface area contributed by atoms with Crippen molar-refractivity contribution >= 4 is 28.9 Å². The number of hydrogen-bond donors (Lipinski definition) is 2. The molecule has 1 atom stereocenters. The Morgan fingerprint density at radius 3 is 2.45 bits per heavy atom. The quantitative estimate of drug-likeness (QED) is 0.331. The predicted molar refractivity (Wildman–Crippen MR) is 173 cm³/mol. The van der Waals surface area contributed by atoms with E-state index >= 15 is 0 Å². The van der Waals surface area contributed by atoms with E-state index in [0.29, 0.717) is 28.9 Å². The summed E-state index contributed by atoms with van der Waals surface area (Å²) in [5.41, 5.74) is 1.39. The molecule has 3 heterocycles. The highest BCUT2D eigenvalue weighted by atomic mass is 32.1. The molecule has 0 spiro atoms. The van der Waals surface area contributed by atoms with Crippen molar-refractivity contribution < 1.29 is 24.5 Å². The van der Waals surface area contributed by atoms with Crippen molar-refractivity contribution in [1.29, 1.82) is 0 Å². The number of carbonyl (C=O) groups is 2. The molecule has 1 amide bonds. The first-order valence-electron chi connectivity index (χ1n) is 16.2. The summed E-state index contributed by atoms with van der Waals surface area (Å²) in [5.74, 6) is 6.55. The molecule has 2 aliphatic carbocycles. The van der Waals surface area contributed by atoms with Crippen molar-refractivity contribution in [2.45, 2.75) is 110 Å². The lowest BCUT2D eigenvalue weighted by Gasteiger charge is -2.39. The van der Waals surface area contributed by atoms with Crippen LogP contribution in [0.1, 0.15) is 106 Å². The fraction of sp³-hybridized carbons (Fsp3) is 0.629. The Morgan fingerprint density at radius 2 is 1.82 bits per heavy atom. The summed E-state index contributed by atoms with van der Waals surface area (Å²) in [4.78, 5) is 36.1. The number of carbonyl (C=O) groups excluding carboxylic acids is 1. The number of carboxylic acids is 1. The van der Waals surface area contributed by atoms with Gasteiger partial charge in [-0.15, -0.1) is 11.3 Å². The van der Waals surface area contributed by atoms with E-state index in [0.717, 1.165) is 87.8 Å². The van der Waals surface area contributed by atoms with Gasteiger partial charge < -0.3 is 19.8 Å². The molecular weight excluding hydrogens is 574 g/mol. The molecule has 238 valence electrons. The standard InChI is InChI=1S/C35H47N3O5S/c1-23-5-7-25(8-6-23)33(40)38(30-20-29(13-16-35(2,3)4)44-32(30)34(41)42)26-9-11-28(12-10-26)43-31-19-24(14-17-36-31)21-37-18-15-27(39)22-37/h14,17,19-20,23,25-28,39H,5-12,15,18,21-22H2,1-4H3,(H,41,42)/t23?,25?,26-,27?,28-. The van der Waals surface area contributed by atoms with E-state index in [9.17, 15) is 19.8 Å². The molecule has 2 saturated carbocycles. The van der Waals surface area contributed by atoms with Crippen LogP contribution in [0.25, 0.3) is 0 Å². The van der Waals surface area contributed by atoms with E-state index in [1.807, 2.05) is 43.9 Å². The van der Waals surface area contributed by atoms with Crippen LogP contribution in [0, 0.1) is 29.1 Å². The number of likely N-dealkylation sites (tertiary alicyclic amines) is 1. The first-order valence-corrected chi connectivity index (χ1v) is 17.0. The number of hydrogen-bond acceptors (Lipinski definition) is 7. The predicted octanol–water partition coefficient (Wildman–Crippen LogP) is 6.36. The zero-order chi connectivity index (χ0) is 31.4. The van der Waals surface area contributed by atoms with Crippen molar-refractivity contribution in [3.05, 3.63) is 39.7 Å². The molecule has 1 unspecified atom stereocenters. The van der Waals surface area contributed by atoms with Crippen LogP contribution in [0.4, 0.5) is 5.69 Å². The zero-order valence-corrected chi connectivity index (χ0v) is 27.4. The molecular formula is C35H47N3O5S. The molecule has 3 fully saturated rings. The molecule has 0 radical (unpaired) electrons. The molecule has 2 N–H and O–H groups in total. The van der Waals surface area contributed by atoms with Gasteiger partial charge in [-0.1, -0.05) is 18.8 Å². The van der Waals surface area contributed by atoms with Gasteiger partial charge >= 0.3 is 5.97 Å². The second-order valence-electron chi connectivity index (χ2n) is 14.0. The zero-order valence-electron chi connectivity index (χ0n) is 26.6. The van der Waals surface area contributed by atoms with Crippen molar-refractivity contribution in [2.75, 3.05) is 18.0 Å². The number of anilines is 1. The molecule has 1 saturated heterocycles. The lowest BCUT2D eigenvalue weighted by atomic mass is 9.81. The summed E-state index contributed by atoms with van der Waals surface area (Å²) in [6.07, 6.45) is 9.00. The minimum Gasteiger partial charge on any atom is -0.477 e. The number of thiophene rings is 1. The number of pyridine rings is 1. The lowest BCUT2D eigenvalue weighted by Crippen LogP contribution is -2.47. The van der Waals surface area contributed by atoms with Gasteiger partial charge in [-0.3, -0.25) is 9.69 Å². The van der Waals surface area contributed by atoms with Crippen molar-refractivity contribution in [3.8, 4) is 17.7 Å². The Labute approximate surface area is 265 Å². The number of β-amino-alcohol motifs (C(OH)–C–C–N with tert-alkyl or cyclic N) is 1. The maximum absolute atomic E-state index is 14.2. The first-order chi connectivity index (χ1) is 20.9. The number of aliphatic hydroxyl groups excluding tert-OH is 1. The average Bonchev–Trinajstić information content (AvgIpc) is 3.59. The van der Waals surface area contributed by atoms with Crippen LogP contribution >= 0.6 is 11.3 Å². The van der Waals surface area contributed by atoms with Crippen molar-refractivity contribution in [3.63, 3.8) is 0 Å². The average molecular weight is 622 g/mol. The van der Waals surface area contributed by atoms with Gasteiger partial charge in [-0.2, -0.15) is 0 Å². The van der Waals surface area contributed by atoms with Gasteiger partial charge in [0.25, 0.3) is 0 Å². The smallest absolute Gasteiger partial charge is 0.348 e. The Hall–Kier alpha value is -2.93. The van der Waals surface area contributed by atoms with E-state index < -0.39 is 5.97 Å². The Morgan fingerprint density at radius 1 is 1.09 bits per heavy atom. The molecule has 9 heteroatoms. The first kappa shape index (κ1) is 32.5. The van der Waals surface area contributed by atoms with Crippen LogP contribution in [0.15, 0.2) is 24.4 Å². The van der Waals surface area contributed by atoms with Gasteiger partial charge in [-0.25, -0.2) is 9.78 Å². The number of ether oxygens (including phenoxy) is 1. The Bertz CT molecular complexity index is 1370. The van der Waals surface area contributed by atoms with Crippen LogP contribution in [0.3, 0.4) is 0 Å². The maximum Gasteiger partial charge on any atom is 0.348 e. The third-order valence-electron chi connectivity index (χ3n) is 9.08.